The van der Waals surface area contributed by atoms with Gasteiger partial charge < -0.3 is 20.1 Å². The number of hydrogen-bond donors (Lipinski definition) is 2. The molecule has 0 aromatic heterocycles. The zero-order valence-corrected chi connectivity index (χ0v) is 25.3. The molecule has 0 atom stereocenters. The molecule has 218 valence electrons. The molecule has 6 heteroatoms. The quantitative estimate of drug-likeness (QED) is 0.192. The van der Waals surface area contributed by atoms with Crippen LogP contribution in [-0.2, 0) is 9.59 Å². The highest BCUT2D eigenvalue weighted by Gasteiger charge is 2.11. The van der Waals surface area contributed by atoms with Crippen molar-refractivity contribution in [1.82, 2.24) is 0 Å². The van der Waals surface area contributed by atoms with E-state index in [9.17, 15) is 9.59 Å². The zero-order chi connectivity index (χ0) is 30.2. The highest BCUT2D eigenvalue weighted by molar-refractivity contribution is 5.94. The van der Waals surface area contributed by atoms with Crippen LogP contribution in [0.25, 0.3) is 11.1 Å². The molecule has 0 aliphatic rings. The summed E-state index contributed by atoms with van der Waals surface area (Å²) in [6, 6.07) is 27.4. The van der Waals surface area contributed by atoms with E-state index in [1.54, 1.807) is 0 Å². The van der Waals surface area contributed by atoms with Crippen molar-refractivity contribution in [2.75, 3.05) is 23.8 Å². The van der Waals surface area contributed by atoms with Crippen molar-refractivity contribution in [2.24, 2.45) is 0 Å². The normalized spacial score (nSPS) is 11.0. The number of benzene rings is 4. The Kier molecular flexibility index (Phi) is 10.0. The Hall–Kier alpha value is -4.58. The molecule has 0 spiro atoms. The number of ether oxygens (including phenoxy) is 2. The standard InChI is InChI=1S/C36H40N2O4/c1-23(2)27-7-13-31(14-8-27)41-21-35(39)37-33-17-11-29(19-25(33)5)30-12-18-34(26(6)20-30)38-36(40)22-42-32-15-9-28(10-16-32)24(3)4/h7-20,23-24H,21-22H2,1-6H3,(H,37,39)(H,38,40). The molecule has 0 bridgehead atoms. The van der Waals surface area contributed by atoms with Gasteiger partial charge >= 0.3 is 0 Å². The van der Waals surface area contributed by atoms with E-state index in [0.717, 1.165) is 33.6 Å². The Morgan fingerprint density at radius 1 is 0.571 bits per heavy atom. The predicted octanol–water partition coefficient (Wildman–Crippen LogP) is 8.25. The van der Waals surface area contributed by atoms with Crippen LogP contribution >= 0.6 is 0 Å². The summed E-state index contributed by atoms with van der Waals surface area (Å²) in [5, 5.41) is 5.88. The number of amides is 2. The third-order valence-electron chi connectivity index (χ3n) is 7.17. The minimum absolute atomic E-state index is 0.0654. The first-order valence-corrected chi connectivity index (χ1v) is 14.4. The molecule has 2 N–H and O–H groups in total. The molecule has 0 saturated heterocycles. The van der Waals surface area contributed by atoms with Crippen molar-refractivity contribution in [3.8, 4) is 22.6 Å². The van der Waals surface area contributed by atoms with Crippen molar-refractivity contribution >= 4 is 23.2 Å². The van der Waals surface area contributed by atoms with Gasteiger partial charge in [-0.15, -0.1) is 0 Å². The summed E-state index contributed by atoms with van der Waals surface area (Å²) in [6.45, 7) is 12.3. The van der Waals surface area contributed by atoms with Crippen LogP contribution in [0, 0.1) is 13.8 Å². The molecule has 0 aliphatic carbocycles. The smallest absolute Gasteiger partial charge is 0.262 e. The number of aryl methyl sites for hydroxylation is 2. The first kappa shape index (κ1) is 30.4. The van der Waals surface area contributed by atoms with Gasteiger partial charge in [-0.2, -0.15) is 0 Å². The fourth-order valence-corrected chi connectivity index (χ4v) is 4.54. The molecule has 4 rings (SSSR count). The second-order valence-corrected chi connectivity index (χ2v) is 11.2. The van der Waals surface area contributed by atoms with Crippen LogP contribution in [0.15, 0.2) is 84.9 Å². The molecule has 0 aliphatic heterocycles. The van der Waals surface area contributed by atoms with Crippen molar-refractivity contribution in [2.45, 2.75) is 53.4 Å². The summed E-state index contributed by atoms with van der Waals surface area (Å²) in [5.41, 5.74) is 7.84. The monoisotopic (exact) mass is 564 g/mol. The van der Waals surface area contributed by atoms with Crippen LogP contribution in [0.5, 0.6) is 11.5 Å². The van der Waals surface area contributed by atoms with Crippen LogP contribution in [0.1, 0.15) is 61.8 Å². The van der Waals surface area contributed by atoms with Gasteiger partial charge in [0.2, 0.25) is 0 Å². The average Bonchev–Trinajstić information content (AvgIpc) is 2.97. The molecule has 42 heavy (non-hydrogen) atoms. The van der Waals surface area contributed by atoms with Crippen LogP contribution in [-0.4, -0.2) is 25.0 Å². The summed E-state index contributed by atoms with van der Waals surface area (Å²) in [7, 11) is 0. The second kappa shape index (κ2) is 13.9. The van der Waals surface area contributed by atoms with Crippen LogP contribution < -0.4 is 20.1 Å². The second-order valence-electron chi connectivity index (χ2n) is 11.2. The van der Waals surface area contributed by atoms with E-state index in [-0.39, 0.29) is 25.0 Å². The number of carbonyl (C=O) groups is 2. The third kappa shape index (κ3) is 8.23. The first-order chi connectivity index (χ1) is 20.1. The lowest BCUT2D eigenvalue weighted by Crippen LogP contribution is -2.20. The molecular weight excluding hydrogens is 524 g/mol. The molecule has 2 amide bonds. The Labute approximate surface area is 249 Å². The lowest BCUT2D eigenvalue weighted by Gasteiger charge is -2.14. The molecule has 0 radical (unpaired) electrons. The van der Waals surface area contributed by atoms with E-state index in [1.807, 2.05) is 98.8 Å². The third-order valence-corrected chi connectivity index (χ3v) is 7.17. The van der Waals surface area contributed by atoms with E-state index in [0.29, 0.717) is 23.3 Å². The minimum atomic E-state index is -0.216. The van der Waals surface area contributed by atoms with Gasteiger partial charge in [0.15, 0.2) is 13.2 Å². The molecule has 0 fully saturated rings. The molecule has 6 nitrogen and oxygen atoms in total. The van der Waals surface area contributed by atoms with Gasteiger partial charge in [0, 0.05) is 11.4 Å². The molecular formula is C36H40N2O4. The van der Waals surface area contributed by atoms with E-state index in [2.05, 4.69) is 38.3 Å². The van der Waals surface area contributed by atoms with Crippen molar-refractivity contribution in [3.05, 3.63) is 107 Å². The molecule has 0 unspecified atom stereocenters. The Morgan fingerprint density at radius 2 is 0.929 bits per heavy atom. The molecule has 4 aromatic rings. The summed E-state index contributed by atoms with van der Waals surface area (Å²) in [4.78, 5) is 25.0. The Balaban J connectivity index is 1.30. The van der Waals surface area contributed by atoms with Crippen molar-refractivity contribution < 1.29 is 19.1 Å². The zero-order valence-electron chi connectivity index (χ0n) is 25.3. The summed E-state index contributed by atoms with van der Waals surface area (Å²) in [5.74, 6) is 1.79. The van der Waals surface area contributed by atoms with Gasteiger partial charge in [0.25, 0.3) is 11.8 Å². The largest absolute Gasteiger partial charge is 0.484 e. The maximum absolute atomic E-state index is 12.5. The topological polar surface area (TPSA) is 76.7 Å². The number of hydrogen-bond acceptors (Lipinski definition) is 4. The summed E-state index contributed by atoms with van der Waals surface area (Å²) < 4.78 is 11.3. The van der Waals surface area contributed by atoms with Crippen LogP contribution in [0.3, 0.4) is 0 Å². The lowest BCUT2D eigenvalue weighted by molar-refractivity contribution is -0.118. The van der Waals surface area contributed by atoms with Crippen molar-refractivity contribution in [3.63, 3.8) is 0 Å². The fourth-order valence-electron chi connectivity index (χ4n) is 4.54. The van der Waals surface area contributed by atoms with E-state index in [1.165, 1.54) is 11.1 Å². The van der Waals surface area contributed by atoms with Gasteiger partial charge in [0.05, 0.1) is 0 Å². The SMILES string of the molecule is Cc1cc(-c2ccc(NC(=O)COc3ccc(C(C)C)cc3)c(C)c2)ccc1NC(=O)COc1ccc(C(C)C)cc1. The van der Waals surface area contributed by atoms with E-state index in [4.69, 9.17) is 9.47 Å². The maximum atomic E-state index is 12.5. The van der Waals surface area contributed by atoms with Crippen LogP contribution in [0.4, 0.5) is 11.4 Å². The first-order valence-electron chi connectivity index (χ1n) is 14.4. The highest BCUT2D eigenvalue weighted by Crippen LogP contribution is 2.28. The van der Waals surface area contributed by atoms with Gasteiger partial charge in [-0.3, -0.25) is 9.59 Å². The Bertz CT molecular complexity index is 1410. The summed E-state index contributed by atoms with van der Waals surface area (Å²) >= 11 is 0. The van der Waals surface area contributed by atoms with Gasteiger partial charge in [-0.25, -0.2) is 0 Å². The maximum Gasteiger partial charge on any atom is 0.262 e. The van der Waals surface area contributed by atoms with Gasteiger partial charge in [-0.1, -0.05) is 64.1 Å². The van der Waals surface area contributed by atoms with Gasteiger partial charge in [0.1, 0.15) is 11.5 Å². The lowest BCUT2D eigenvalue weighted by atomic mass is 10.00. The van der Waals surface area contributed by atoms with Gasteiger partial charge in [-0.05, 0) is 108 Å². The fraction of sp³-hybridized carbons (Fsp3) is 0.278. The van der Waals surface area contributed by atoms with Crippen molar-refractivity contribution in [1.29, 1.82) is 0 Å². The van der Waals surface area contributed by atoms with E-state index >= 15 is 0 Å². The molecule has 0 heterocycles. The molecule has 4 aromatic carbocycles. The number of nitrogens with one attached hydrogen (secondary N) is 2. The van der Waals surface area contributed by atoms with E-state index < -0.39 is 0 Å². The number of carbonyl (C=O) groups excluding carboxylic acids is 2. The number of anilines is 2. The van der Waals surface area contributed by atoms with Crippen LogP contribution in [0.2, 0.25) is 0 Å². The highest BCUT2D eigenvalue weighted by atomic mass is 16.5. The molecule has 0 saturated carbocycles. The average molecular weight is 565 g/mol. The summed E-state index contributed by atoms with van der Waals surface area (Å²) in [6.07, 6.45) is 0. The number of rotatable bonds is 11. The Morgan fingerprint density at radius 3 is 1.24 bits per heavy atom. The predicted molar refractivity (Wildman–Crippen MR) is 171 cm³/mol. The minimum Gasteiger partial charge on any atom is -0.484 e.